The SMILES string of the molecule is N#[N+]/C=C(\O)c1cc([N+](=O)[O-])cc([N+](=O)[O-])c1. The molecular formula is C8H5N4O5+. The van der Waals surface area contributed by atoms with Crippen molar-refractivity contribution in [3.63, 3.8) is 0 Å². The van der Waals surface area contributed by atoms with Gasteiger partial charge in [-0.25, -0.2) is 0 Å². The highest BCUT2D eigenvalue weighted by Gasteiger charge is 2.19. The molecule has 1 aromatic carbocycles. The molecule has 0 aliphatic rings. The summed E-state index contributed by atoms with van der Waals surface area (Å²) < 4.78 is 0. The fourth-order valence-corrected chi connectivity index (χ4v) is 1.08. The van der Waals surface area contributed by atoms with Crippen LogP contribution in [0.5, 0.6) is 0 Å². The van der Waals surface area contributed by atoms with Gasteiger partial charge >= 0.3 is 6.20 Å². The van der Waals surface area contributed by atoms with Crippen LogP contribution in [0.15, 0.2) is 24.4 Å². The number of aliphatic hydroxyl groups excluding tert-OH is 1. The third-order valence-electron chi connectivity index (χ3n) is 1.80. The molecule has 17 heavy (non-hydrogen) atoms. The summed E-state index contributed by atoms with van der Waals surface area (Å²) in [6.45, 7) is 0. The van der Waals surface area contributed by atoms with Crippen molar-refractivity contribution in [2.75, 3.05) is 0 Å². The average molecular weight is 237 g/mol. The topological polar surface area (TPSA) is 135 Å². The summed E-state index contributed by atoms with van der Waals surface area (Å²) in [6.07, 6.45) is 0.600. The molecule has 0 unspecified atom stereocenters. The second-order valence-corrected chi connectivity index (χ2v) is 2.88. The molecule has 9 nitrogen and oxygen atoms in total. The number of nitrogens with zero attached hydrogens (tertiary/aromatic N) is 4. The highest BCUT2D eigenvalue weighted by atomic mass is 16.6. The first-order chi connectivity index (χ1) is 7.95. The minimum absolute atomic E-state index is 0.191. The fraction of sp³-hybridized carbons (Fsp3) is 0. The summed E-state index contributed by atoms with van der Waals surface area (Å²) in [5.41, 5.74) is -1.29. The maximum Gasteiger partial charge on any atom is 0.392 e. The number of hydrogen-bond donors (Lipinski definition) is 1. The smallest absolute Gasteiger partial charge is 0.392 e. The molecule has 0 aliphatic carbocycles. The van der Waals surface area contributed by atoms with Gasteiger partial charge in [-0.2, -0.15) is 0 Å². The molecule has 0 amide bonds. The number of aliphatic hydroxyl groups is 1. The van der Waals surface area contributed by atoms with E-state index in [1.54, 1.807) is 0 Å². The van der Waals surface area contributed by atoms with Crippen molar-refractivity contribution in [2.24, 2.45) is 0 Å². The second-order valence-electron chi connectivity index (χ2n) is 2.88. The van der Waals surface area contributed by atoms with Crippen LogP contribution in [0.1, 0.15) is 5.56 Å². The number of benzene rings is 1. The van der Waals surface area contributed by atoms with Gasteiger partial charge in [0, 0.05) is 17.7 Å². The molecule has 0 spiro atoms. The molecule has 0 aliphatic heterocycles. The number of nitro groups is 2. The molecule has 1 aromatic rings. The van der Waals surface area contributed by atoms with Crippen molar-refractivity contribution in [2.45, 2.75) is 0 Å². The Labute approximate surface area is 93.5 Å². The van der Waals surface area contributed by atoms with E-state index in [4.69, 9.17) is 5.39 Å². The molecule has 9 heteroatoms. The Bertz CT molecular complexity index is 527. The van der Waals surface area contributed by atoms with Gasteiger partial charge in [0.1, 0.15) is 0 Å². The number of non-ortho nitro benzene ring substituents is 2. The van der Waals surface area contributed by atoms with Gasteiger partial charge in [0.2, 0.25) is 11.2 Å². The van der Waals surface area contributed by atoms with Gasteiger partial charge in [0.05, 0.1) is 15.9 Å². The van der Waals surface area contributed by atoms with Crippen molar-refractivity contribution in [3.05, 3.63) is 55.2 Å². The van der Waals surface area contributed by atoms with Crippen LogP contribution in [-0.2, 0) is 0 Å². The van der Waals surface area contributed by atoms with Gasteiger partial charge in [-0.15, -0.1) is 0 Å². The van der Waals surface area contributed by atoms with Gasteiger partial charge in [-0.3, -0.25) is 20.2 Å². The van der Waals surface area contributed by atoms with Gasteiger partial charge in [0.25, 0.3) is 11.4 Å². The summed E-state index contributed by atoms with van der Waals surface area (Å²) in [5.74, 6) is -0.626. The zero-order valence-corrected chi connectivity index (χ0v) is 8.18. The molecule has 0 radical (unpaired) electrons. The first-order valence-electron chi connectivity index (χ1n) is 4.13. The van der Waals surface area contributed by atoms with Gasteiger partial charge in [-0.1, -0.05) is 0 Å². The third-order valence-corrected chi connectivity index (χ3v) is 1.80. The standard InChI is InChI=1S/C8H4N4O5/c9-10-4-8(13)5-1-6(11(14)15)3-7(2-5)12(16)17/h1-4H/p+1/b8-4-. The van der Waals surface area contributed by atoms with Crippen molar-refractivity contribution < 1.29 is 15.0 Å². The molecule has 0 fully saturated rings. The highest BCUT2D eigenvalue weighted by Crippen LogP contribution is 2.25. The fourth-order valence-electron chi connectivity index (χ4n) is 1.08. The molecule has 1 rings (SSSR count). The molecule has 1 N–H and O–H groups in total. The summed E-state index contributed by atoms with van der Waals surface area (Å²) in [5, 5.41) is 38.5. The molecule has 0 saturated heterocycles. The summed E-state index contributed by atoms with van der Waals surface area (Å²) >= 11 is 0. The Balaban J connectivity index is 3.42. The summed E-state index contributed by atoms with van der Waals surface area (Å²) in [4.78, 5) is 21.9. The Morgan fingerprint density at radius 3 is 2.06 bits per heavy atom. The molecular weight excluding hydrogens is 232 g/mol. The van der Waals surface area contributed by atoms with Crippen molar-refractivity contribution >= 4 is 17.1 Å². The van der Waals surface area contributed by atoms with Gasteiger partial charge in [0.15, 0.2) is 4.98 Å². The highest BCUT2D eigenvalue weighted by molar-refractivity contribution is 5.65. The lowest BCUT2D eigenvalue weighted by molar-refractivity contribution is -0.394. The number of hydrogen-bond acceptors (Lipinski definition) is 6. The van der Waals surface area contributed by atoms with E-state index in [0.717, 1.165) is 18.2 Å². The van der Waals surface area contributed by atoms with E-state index in [1.165, 1.54) is 0 Å². The Morgan fingerprint density at radius 2 is 1.71 bits per heavy atom. The molecule has 86 valence electrons. The van der Waals surface area contributed by atoms with Gasteiger partial charge < -0.3 is 5.11 Å². The number of rotatable bonds is 3. The predicted molar refractivity (Wildman–Crippen MR) is 55.4 cm³/mol. The molecule has 0 heterocycles. The van der Waals surface area contributed by atoms with Crippen LogP contribution in [0.4, 0.5) is 11.4 Å². The summed E-state index contributed by atoms with van der Waals surface area (Å²) in [6, 6.07) is 2.60. The number of nitro benzene ring substituents is 2. The van der Waals surface area contributed by atoms with Crippen LogP contribution in [0.25, 0.3) is 10.7 Å². The Kier molecular flexibility index (Phi) is 3.31. The van der Waals surface area contributed by atoms with E-state index >= 15 is 0 Å². The lowest BCUT2D eigenvalue weighted by Crippen LogP contribution is -1.95. The quantitative estimate of drug-likeness (QED) is 0.370. The lowest BCUT2D eigenvalue weighted by Gasteiger charge is -1.97. The summed E-state index contributed by atoms with van der Waals surface area (Å²) in [7, 11) is 0. The normalized spacial score (nSPS) is 10.6. The molecule has 0 aromatic heterocycles. The molecule has 0 atom stereocenters. The van der Waals surface area contributed by atoms with Gasteiger partial charge in [-0.05, 0) is 0 Å². The van der Waals surface area contributed by atoms with E-state index in [9.17, 15) is 25.3 Å². The largest absolute Gasteiger partial charge is 0.501 e. The van der Waals surface area contributed by atoms with E-state index in [-0.39, 0.29) is 5.56 Å². The third kappa shape index (κ3) is 2.72. The molecule has 0 bridgehead atoms. The monoisotopic (exact) mass is 237 g/mol. The number of diazo groups is 1. The van der Waals surface area contributed by atoms with E-state index < -0.39 is 27.0 Å². The zero-order valence-electron chi connectivity index (χ0n) is 8.18. The van der Waals surface area contributed by atoms with Crippen LogP contribution in [0.2, 0.25) is 0 Å². The lowest BCUT2D eigenvalue weighted by atomic mass is 10.1. The minimum Gasteiger partial charge on any atom is -0.501 e. The van der Waals surface area contributed by atoms with Crippen LogP contribution in [-0.4, -0.2) is 15.0 Å². The van der Waals surface area contributed by atoms with Crippen molar-refractivity contribution in [1.82, 2.24) is 0 Å². The predicted octanol–water partition coefficient (Wildman–Crippen LogP) is 2.21. The van der Waals surface area contributed by atoms with Crippen LogP contribution < -0.4 is 0 Å². The average Bonchev–Trinajstić information content (AvgIpc) is 2.28. The molecule has 0 saturated carbocycles. The van der Waals surface area contributed by atoms with Crippen LogP contribution in [0, 0.1) is 25.6 Å². The second kappa shape index (κ2) is 4.67. The Morgan fingerprint density at radius 1 is 1.24 bits per heavy atom. The Hall–Kier alpha value is -3.02. The van der Waals surface area contributed by atoms with E-state index in [0.29, 0.717) is 6.20 Å². The maximum atomic E-state index is 10.5. The van der Waals surface area contributed by atoms with E-state index in [2.05, 4.69) is 4.98 Å². The van der Waals surface area contributed by atoms with Crippen LogP contribution >= 0.6 is 0 Å². The van der Waals surface area contributed by atoms with E-state index in [1.807, 2.05) is 0 Å². The zero-order chi connectivity index (χ0) is 13.0. The first kappa shape index (κ1) is 12.1. The van der Waals surface area contributed by atoms with Crippen molar-refractivity contribution in [3.8, 4) is 0 Å². The minimum atomic E-state index is -0.833. The maximum absolute atomic E-state index is 10.5. The van der Waals surface area contributed by atoms with Crippen molar-refractivity contribution in [1.29, 1.82) is 5.39 Å². The van der Waals surface area contributed by atoms with Crippen LogP contribution in [0.3, 0.4) is 0 Å². The first-order valence-corrected chi connectivity index (χ1v) is 4.13.